The molecule has 1 N–H and O–H groups in total. The molecule has 0 saturated heterocycles. The van der Waals surface area contributed by atoms with Crippen molar-refractivity contribution in [2.24, 2.45) is 0 Å². The van der Waals surface area contributed by atoms with E-state index in [-0.39, 0.29) is 18.9 Å². The van der Waals surface area contributed by atoms with Crippen molar-refractivity contribution in [2.75, 3.05) is 29.5 Å². The van der Waals surface area contributed by atoms with Crippen molar-refractivity contribution < 1.29 is 17.9 Å². The highest BCUT2D eigenvalue weighted by molar-refractivity contribution is 7.92. The van der Waals surface area contributed by atoms with E-state index in [0.717, 1.165) is 17.4 Å². The van der Waals surface area contributed by atoms with Crippen LogP contribution in [0.3, 0.4) is 0 Å². The van der Waals surface area contributed by atoms with Gasteiger partial charge in [0.25, 0.3) is 0 Å². The lowest BCUT2D eigenvalue weighted by molar-refractivity contribution is -0.116. The van der Waals surface area contributed by atoms with Crippen molar-refractivity contribution in [3.8, 4) is 5.75 Å². The van der Waals surface area contributed by atoms with Crippen molar-refractivity contribution in [3.63, 3.8) is 0 Å². The van der Waals surface area contributed by atoms with Gasteiger partial charge in [-0.1, -0.05) is 24.3 Å². The number of carbonyl (C=O) groups is 1. The van der Waals surface area contributed by atoms with Crippen LogP contribution in [0.4, 0.5) is 11.4 Å². The maximum atomic E-state index is 12.3. The lowest BCUT2D eigenvalue weighted by Gasteiger charge is -2.24. The summed E-state index contributed by atoms with van der Waals surface area (Å²) in [5, 5.41) is 2.76. The van der Waals surface area contributed by atoms with Crippen LogP contribution >= 0.6 is 0 Å². The van der Waals surface area contributed by atoms with Gasteiger partial charge in [-0.3, -0.25) is 9.10 Å². The second-order valence-corrected chi connectivity index (χ2v) is 7.96. The molecule has 26 heavy (non-hydrogen) atoms. The predicted octanol–water partition coefficient (Wildman–Crippen LogP) is 3.11. The van der Waals surface area contributed by atoms with Crippen LogP contribution in [0, 0.1) is 13.8 Å². The first-order chi connectivity index (χ1) is 12.2. The zero-order chi connectivity index (χ0) is 19.3. The minimum atomic E-state index is -3.51. The van der Waals surface area contributed by atoms with Crippen LogP contribution in [0.5, 0.6) is 5.75 Å². The number of anilines is 2. The summed E-state index contributed by atoms with van der Waals surface area (Å²) < 4.78 is 31.0. The first-order valence-corrected chi connectivity index (χ1v) is 10.1. The third kappa shape index (κ3) is 4.76. The largest absolute Gasteiger partial charge is 0.495 e. The molecule has 2 aromatic carbocycles. The SMILES string of the molecule is COc1ccccc1NC(=O)CCN(c1cccc(C)c1C)S(C)(=O)=O. The Morgan fingerprint density at radius 2 is 1.81 bits per heavy atom. The van der Waals surface area contributed by atoms with Crippen molar-refractivity contribution >= 4 is 27.3 Å². The molecule has 0 aliphatic carbocycles. The number of carbonyl (C=O) groups excluding carboxylic acids is 1. The highest BCUT2D eigenvalue weighted by Gasteiger charge is 2.21. The molecule has 0 spiro atoms. The maximum Gasteiger partial charge on any atom is 0.232 e. The Morgan fingerprint density at radius 3 is 2.46 bits per heavy atom. The van der Waals surface area contributed by atoms with E-state index in [1.54, 1.807) is 30.3 Å². The van der Waals surface area contributed by atoms with E-state index in [1.807, 2.05) is 26.0 Å². The van der Waals surface area contributed by atoms with Gasteiger partial charge < -0.3 is 10.1 Å². The highest BCUT2D eigenvalue weighted by atomic mass is 32.2. The van der Waals surface area contributed by atoms with E-state index >= 15 is 0 Å². The van der Waals surface area contributed by atoms with E-state index in [4.69, 9.17) is 4.74 Å². The summed E-state index contributed by atoms with van der Waals surface area (Å²) in [6, 6.07) is 12.6. The van der Waals surface area contributed by atoms with Crippen LogP contribution in [0.15, 0.2) is 42.5 Å². The van der Waals surface area contributed by atoms with Crippen LogP contribution < -0.4 is 14.4 Å². The molecule has 0 aliphatic rings. The fourth-order valence-electron chi connectivity index (χ4n) is 2.63. The van der Waals surface area contributed by atoms with Gasteiger partial charge in [-0.15, -0.1) is 0 Å². The van der Waals surface area contributed by atoms with Crippen molar-refractivity contribution in [2.45, 2.75) is 20.3 Å². The summed E-state index contributed by atoms with van der Waals surface area (Å²) in [6.45, 7) is 3.86. The van der Waals surface area contributed by atoms with E-state index in [2.05, 4.69) is 5.32 Å². The van der Waals surface area contributed by atoms with Gasteiger partial charge in [-0.2, -0.15) is 0 Å². The van der Waals surface area contributed by atoms with Gasteiger partial charge in [-0.05, 0) is 43.2 Å². The first-order valence-electron chi connectivity index (χ1n) is 8.21. The van der Waals surface area contributed by atoms with E-state index in [9.17, 15) is 13.2 Å². The normalized spacial score (nSPS) is 11.1. The van der Waals surface area contributed by atoms with Crippen LogP contribution in [0.1, 0.15) is 17.5 Å². The van der Waals surface area contributed by atoms with Gasteiger partial charge in [0.15, 0.2) is 0 Å². The molecule has 0 radical (unpaired) electrons. The van der Waals surface area contributed by atoms with Crippen molar-refractivity contribution in [1.29, 1.82) is 0 Å². The molecule has 0 heterocycles. The van der Waals surface area contributed by atoms with Gasteiger partial charge >= 0.3 is 0 Å². The number of rotatable bonds is 7. The quantitative estimate of drug-likeness (QED) is 0.806. The number of sulfonamides is 1. The minimum Gasteiger partial charge on any atom is -0.495 e. The lowest BCUT2D eigenvalue weighted by Crippen LogP contribution is -2.33. The molecule has 2 aromatic rings. The molecule has 140 valence electrons. The third-order valence-electron chi connectivity index (χ3n) is 4.17. The molecule has 0 fully saturated rings. The third-order valence-corrected chi connectivity index (χ3v) is 5.35. The molecule has 0 aromatic heterocycles. The molecule has 0 aliphatic heterocycles. The Labute approximate surface area is 154 Å². The smallest absolute Gasteiger partial charge is 0.232 e. The molecular formula is C19H24N2O4S. The zero-order valence-electron chi connectivity index (χ0n) is 15.4. The molecular weight excluding hydrogens is 352 g/mol. The van der Waals surface area contributed by atoms with Gasteiger partial charge in [0.2, 0.25) is 15.9 Å². The summed E-state index contributed by atoms with van der Waals surface area (Å²) in [6.07, 6.45) is 1.17. The number of aryl methyl sites for hydroxylation is 1. The van der Waals surface area contributed by atoms with Crippen molar-refractivity contribution in [1.82, 2.24) is 0 Å². The Balaban J connectivity index is 2.15. The number of amides is 1. The Hall–Kier alpha value is -2.54. The maximum absolute atomic E-state index is 12.3. The summed E-state index contributed by atoms with van der Waals surface area (Å²) >= 11 is 0. The Kier molecular flexibility index (Phi) is 6.26. The van der Waals surface area contributed by atoms with Gasteiger partial charge in [-0.25, -0.2) is 8.42 Å². The summed E-state index contributed by atoms with van der Waals surface area (Å²) in [5.41, 5.74) is 3.02. The second-order valence-electron chi connectivity index (χ2n) is 6.05. The molecule has 7 heteroatoms. The average molecular weight is 376 g/mol. The highest BCUT2D eigenvalue weighted by Crippen LogP contribution is 2.26. The molecule has 0 atom stereocenters. The minimum absolute atomic E-state index is 0.0263. The number of nitrogens with one attached hydrogen (secondary N) is 1. The summed E-state index contributed by atoms with van der Waals surface area (Å²) in [5.74, 6) is 0.267. The first kappa shape index (κ1) is 19.8. The van der Waals surface area contributed by atoms with Gasteiger partial charge in [0.1, 0.15) is 5.75 Å². The molecule has 0 bridgehead atoms. The standard InChI is InChI=1S/C19H24N2O4S/c1-14-8-7-10-17(15(14)2)21(26(4,23)24)13-12-19(22)20-16-9-5-6-11-18(16)25-3/h5-11H,12-13H2,1-4H3,(H,20,22). The van der Waals surface area contributed by atoms with E-state index in [1.165, 1.54) is 11.4 Å². The predicted molar refractivity (Wildman–Crippen MR) is 104 cm³/mol. The van der Waals surface area contributed by atoms with E-state index < -0.39 is 10.0 Å². The number of hydrogen-bond donors (Lipinski definition) is 1. The van der Waals surface area contributed by atoms with Crippen molar-refractivity contribution in [3.05, 3.63) is 53.6 Å². The van der Waals surface area contributed by atoms with Gasteiger partial charge in [0, 0.05) is 13.0 Å². The molecule has 6 nitrogen and oxygen atoms in total. The number of hydrogen-bond acceptors (Lipinski definition) is 4. The van der Waals surface area contributed by atoms with Crippen LogP contribution in [0.2, 0.25) is 0 Å². The fourth-order valence-corrected chi connectivity index (χ4v) is 3.61. The molecule has 0 unspecified atom stereocenters. The van der Waals surface area contributed by atoms with Crippen LogP contribution in [-0.2, 0) is 14.8 Å². The second kappa shape index (κ2) is 8.23. The monoisotopic (exact) mass is 376 g/mol. The topological polar surface area (TPSA) is 75.7 Å². The summed E-state index contributed by atoms with van der Waals surface area (Å²) in [4.78, 5) is 12.3. The number of benzene rings is 2. The molecule has 2 rings (SSSR count). The van der Waals surface area contributed by atoms with Crippen LogP contribution in [-0.4, -0.2) is 34.2 Å². The average Bonchev–Trinajstić information content (AvgIpc) is 2.58. The fraction of sp³-hybridized carbons (Fsp3) is 0.316. The number of ether oxygens (including phenoxy) is 1. The summed E-state index contributed by atoms with van der Waals surface area (Å²) in [7, 11) is -1.99. The number of para-hydroxylation sites is 2. The lowest BCUT2D eigenvalue weighted by atomic mass is 10.1. The Bertz CT molecular complexity index is 894. The molecule has 1 amide bonds. The Morgan fingerprint density at radius 1 is 1.12 bits per heavy atom. The molecule has 0 saturated carbocycles. The van der Waals surface area contributed by atoms with Gasteiger partial charge in [0.05, 0.1) is 24.7 Å². The van der Waals surface area contributed by atoms with Crippen LogP contribution in [0.25, 0.3) is 0 Å². The zero-order valence-corrected chi connectivity index (χ0v) is 16.3. The number of nitrogens with zero attached hydrogens (tertiary/aromatic N) is 1. The van der Waals surface area contributed by atoms with E-state index in [0.29, 0.717) is 17.1 Å². The number of methoxy groups -OCH3 is 1.